The van der Waals surface area contributed by atoms with Gasteiger partial charge in [0.05, 0.1) is 33.1 Å². The maximum absolute atomic E-state index is 7.04. The van der Waals surface area contributed by atoms with E-state index in [0.29, 0.717) is 17.5 Å². The van der Waals surface area contributed by atoms with Crippen molar-refractivity contribution in [3.05, 3.63) is 212 Å². The lowest BCUT2D eigenvalue weighted by Gasteiger charge is -2.11. The third-order valence-corrected chi connectivity index (χ3v) is 12.4. The summed E-state index contributed by atoms with van der Waals surface area (Å²) in [5.74, 6) is 1.83. The number of hydrogen-bond acceptors (Lipinski definition) is 4. The van der Waals surface area contributed by atoms with E-state index >= 15 is 0 Å². The first-order chi connectivity index (χ1) is 31.2. The van der Waals surface area contributed by atoms with Gasteiger partial charge in [0, 0.05) is 49.3 Å². The maximum Gasteiger partial charge on any atom is 0.164 e. The lowest BCUT2D eigenvalue weighted by molar-refractivity contribution is 0.671. The molecule has 0 saturated heterocycles. The van der Waals surface area contributed by atoms with Crippen LogP contribution in [0.4, 0.5) is 0 Å². The van der Waals surface area contributed by atoms with Crippen molar-refractivity contribution < 1.29 is 4.42 Å². The Kier molecular flexibility index (Phi) is 7.80. The Labute approximate surface area is 361 Å². The molecule has 0 radical (unpaired) electrons. The van der Waals surface area contributed by atoms with E-state index in [4.69, 9.17) is 19.4 Å². The number of fused-ring (bicyclic) bond motifs is 10. The average molecular weight is 806 g/mol. The molecule has 9 aromatic carbocycles. The Morgan fingerprint density at radius 2 is 0.857 bits per heavy atom. The van der Waals surface area contributed by atoms with Crippen molar-refractivity contribution in [3.63, 3.8) is 0 Å². The zero-order valence-electron chi connectivity index (χ0n) is 33.9. The molecule has 0 N–H and O–H groups in total. The minimum Gasteiger partial charge on any atom is -0.454 e. The van der Waals surface area contributed by atoms with E-state index in [9.17, 15) is 0 Å². The van der Waals surface area contributed by atoms with Gasteiger partial charge in [-0.05, 0) is 65.7 Å². The van der Waals surface area contributed by atoms with Gasteiger partial charge >= 0.3 is 0 Å². The molecule has 0 saturated carbocycles. The van der Waals surface area contributed by atoms with Gasteiger partial charge in [0.25, 0.3) is 0 Å². The Bertz CT molecular complexity index is 3850. The standard InChI is InChI=1S/C57H35N5O/c1-4-16-36(17-5-1)38-20-14-21-39(34-38)56-58-55(37-18-6-2-7-19-37)59-57(60-56)40-30-31-44-45-32-33-46-52-49(62-47-26-12-10-24-42(47)43-25-11-13-27-48(43)62)28-15-29-51(52)63-54(46)53(45)61(50(44)35-40)41-22-8-3-9-23-41/h1-35H. The molecule has 6 heteroatoms. The van der Waals surface area contributed by atoms with Crippen molar-refractivity contribution in [2.75, 3.05) is 0 Å². The lowest BCUT2D eigenvalue weighted by atomic mass is 10.0. The molecular weight excluding hydrogens is 771 g/mol. The second-order valence-electron chi connectivity index (χ2n) is 16.0. The highest BCUT2D eigenvalue weighted by molar-refractivity contribution is 6.23. The summed E-state index contributed by atoms with van der Waals surface area (Å²) in [6.07, 6.45) is 0. The number of para-hydroxylation sites is 3. The molecule has 0 aliphatic rings. The van der Waals surface area contributed by atoms with E-state index < -0.39 is 0 Å². The smallest absolute Gasteiger partial charge is 0.164 e. The van der Waals surface area contributed by atoms with E-state index in [1.54, 1.807) is 0 Å². The molecule has 6 nitrogen and oxygen atoms in total. The molecule has 13 aromatic rings. The van der Waals surface area contributed by atoms with Crippen molar-refractivity contribution in [3.8, 4) is 56.7 Å². The predicted molar refractivity (Wildman–Crippen MR) is 258 cm³/mol. The molecule has 0 fully saturated rings. The quantitative estimate of drug-likeness (QED) is 0.168. The summed E-state index contributed by atoms with van der Waals surface area (Å²) in [6, 6.07) is 74.3. The highest BCUT2D eigenvalue weighted by atomic mass is 16.3. The van der Waals surface area contributed by atoms with Crippen LogP contribution < -0.4 is 0 Å². The first kappa shape index (κ1) is 35.2. The van der Waals surface area contributed by atoms with E-state index in [2.05, 4.69) is 185 Å². The molecule has 0 atom stereocenters. The molecule has 0 spiro atoms. The number of hydrogen-bond donors (Lipinski definition) is 0. The highest BCUT2D eigenvalue weighted by Gasteiger charge is 2.23. The molecule has 0 bridgehead atoms. The van der Waals surface area contributed by atoms with E-state index in [0.717, 1.165) is 94.0 Å². The largest absolute Gasteiger partial charge is 0.454 e. The van der Waals surface area contributed by atoms with Gasteiger partial charge in [-0.25, -0.2) is 15.0 Å². The second kappa shape index (κ2) is 14.0. The van der Waals surface area contributed by atoms with Crippen molar-refractivity contribution >= 4 is 65.6 Å². The van der Waals surface area contributed by atoms with Crippen molar-refractivity contribution in [2.45, 2.75) is 0 Å². The fourth-order valence-electron chi connectivity index (χ4n) is 9.53. The Balaban J connectivity index is 1.05. The van der Waals surface area contributed by atoms with Crippen LogP contribution in [0, 0.1) is 0 Å². The first-order valence-corrected chi connectivity index (χ1v) is 21.2. The summed E-state index contributed by atoms with van der Waals surface area (Å²) in [4.78, 5) is 15.4. The summed E-state index contributed by atoms with van der Waals surface area (Å²) in [5, 5.41) is 6.79. The van der Waals surface area contributed by atoms with Gasteiger partial charge in [-0.1, -0.05) is 158 Å². The monoisotopic (exact) mass is 805 g/mol. The minimum atomic E-state index is 0.598. The maximum atomic E-state index is 7.04. The van der Waals surface area contributed by atoms with Gasteiger partial charge < -0.3 is 13.6 Å². The molecule has 0 aliphatic carbocycles. The van der Waals surface area contributed by atoms with Crippen LogP contribution in [-0.2, 0) is 0 Å². The Morgan fingerprint density at radius 3 is 1.57 bits per heavy atom. The second-order valence-corrected chi connectivity index (χ2v) is 16.0. The SMILES string of the molecule is c1ccc(-c2cccc(-c3nc(-c4ccccc4)nc(-c4ccc5c6ccc7c(oc8cccc(-n9c%10ccccc%10c%10ccccc%109)c87)c6n(-c6ccccc6)c5c4)n3)c2)cc1. The van der Waals surface area contributed by atoms with Crippen LogP contribution in [0.3, 0.4) is 0 Å². The molecule has 13 rings (SSSR count). The van der Waals surface area contributed by atoms with Crippen molar-refractivity contribution in [2.24, 2.45) is 0 Å². The third-order valence-electron chi connectivity index (χ3n) is 12.4. The number of aromatic nitrogens is 5. The van der Waals surface area contributed by atoms with Gasteiger partial charge in [-0.15, -0.1) is 0 Å². The molecule has 294 valence electrons. The summed E-state index contributed by atoms with van der Waals surface area (Å²) >= 11 is 0. The molecule has 4 aromatic heterocycles. The Morgan fingerprint density at radius 1 is 0.333 bits per heavy atom. The summed E-state index contributed by atoms with van der Waals surface area (Å²) in [7, 11) is 0. The van der Waals surface area contributed by atoms with Gasteiger partial charge in [-0.2, -0.15) is 0 Å². The lowest BCUT2D eigenvalue weighted by Crippen LogP contribution is -2.00. The summed E-state index contributed by atoms with van der Waals surface area (Å²) in [5.41, 5.74) is 13.1. The molecular formula is C57H35N5O. The summed E-state index contributed by atoms with van der Waals surface area (Å²) in [6.45, 7) is 0. The molecule has 63 heavy (non-hydrogen) atoms. The zero-order chi connectivity index (χ0) is 41.4. The van der Waals surface area contributed by atoms with Crippen molar-refractivity contribution in [1.29, 1.82) is 0 Å². The number of benzene rings is 9. The van der Waals surface area contributed by atoms with E-state index in [-0.39, 0.29) is 0 Å². The molecule has 0 amide bonds. The van der Waals surface area contributed by atoms with Gasteiger partial charge in [-0.3, -0.25) is 0 Å². The van der Waals surface area contributed by atoms with Gasteiger partial charge in [0.15, 0.2) is 23.1 Å². The fourth-order valence-corrected chi connectivity index (χ4v) is 9.53. The van der Waals surface area contributed by atoms with Crippen LogP contribution in [-0.4, -0.2) is 24.1 Å². The topological polar surface area (TPSA) is 61.7 Å². The molecule has 0 aliphatic heterocycles. The third kappa shape index (κ3) is 5.55. The van der Waals surface area contributed by atoms with Crippen LogP contribution >= 0.6 is 0 Å². The van der Waals surface area contributed by atoms with Gasteiger partial charge in [0.1, 0.15) is 5.58 Å². The normalized spacial score (nSPS) is 11.8. The first-order valence-electron chi connectivity index (χ1n) is 21.2. The number of rotatable bonds is 6. The van der Waals surface area contributed by atoms with Gasteiger partial charge in [0.2, 0.25) is 0 Å². The fraction of sp³-hybridized carbons (Fsp3) is 0. The minimum absolute atomic E-state index is 0.598. The molecule has 4 heterocycles. The van der Waals surface area contributed by atoms with Crippen LogP contribution in [0.25, 0.3) is 122 Å². The van der Waals surface area contributed by atoms with Crippen LogP contribution in [0.1, 0.15) is 0 Å². The average Bonchev–Trinajstić information content (AvgIpc) is 4.02. The number of furan rings is 1. The van der Waals surface area contributed by atoms with Crippen LogP contribution in [0.5, 0.6) is 0 Å². The predicted octanol–water partition coefficient (Wildman–Crippen LogP) is 14.6. The van der Waals surface area contributed by atoms with Crippen LogP contribution in [0.15, 0.2) is 217 Å². The van der Waals surface area contributed by atoms with E-state index in [1.165, 1.54) is 10.8 Å². The van der Waals surface area contributed by atoms with Crippen molar-refractivity contribution in [1.82, 2.24) is 24.1 Å². The summed E-state index contributed by atoms with van der Waals surface area (Å²) < 4.78 is 11.8. The number of nitrogens with zero attached hydrogens (tertiary/aromatic N) is 5. The Hall–Kier alpha value is -8.61. The van der Waals surface area contributed by atoms with Crippen LogP contribution in [0.2, 0.25) is 0 Å². The van der Waals surface area contributed by atoms with E-state index in [1.807, 2.05) is 36.4 Å². The highest BCUT2D eigenvalue weighted by Crippen LogP contribution is 2.44. The zero-order valence-corrected chi connectivity index (χ0v) is 33.9. The molecule has 0 unspecified atom stereocenters.